The minimum Gasteiger partial charge on any atom is -0.397 e. The van der Waals surface area contributed by atoms with Crippen molar-refractivity contribution in [3.05, 3.63) is 17.8 Å². The minimum atomic E-state index is -0.122. The normalized spacial score (nSPS) is 12.2. The molecule has 0 amide bonds. The molecule has 0 aliphatic carbocycles. The molecular weight excluding hydrogens is 204 g/mol. The molecule has 0 radical (unpaired) electrons. The molecule has 5 heteroatoms. The lowest BCUT2D eigenvalue weighted by Crippen LogP contribution is -2.30. The summed E-state index contributed by atoms with van der Waals surface area (Å²) in [5.74, 6) is 0.709. The van der Waals surface area contributed by atoms with Crippen LogP contribution in [0.5, 0.6) is 0 Å². The molecule has 4 N–H and O–H groups in total. The summed E-state index contributed by atoms with van der Waals surface area (Å²) in [5.41, 5.74) is 6.37. The van der Waals surface area contributed by atoms with Gasteiger partial charge >= 0.3 is 0 Å². The first-order chi connectivity index (χ1) is 7.58. The molecule has 0 aliphatic heterocycles. The Morgan fingerprint density at radius 3 is 2.81 bits per heavy atom. The summed E-state index contributed by atoms with van der Waals surface area (Å²) in [6.45, 7) is 3.96. The number of nitrogens with one attached hydrogen (secondary N) is 1. The van der Waals surface area contributed by atoms with E-state index in [-0.39, 0.29) is 18.6 Å². The van der Waals surface area contributed by atoms with Crippen LogP contribution in [-0.2, 0) is 0 Å². The largest absolute Gasteiger partial charge is 0.397 e. The van der Waals surface area contributed by atoms with E-state index in [1.807, 2.05) is 19.9 Å². The summed E-state index contributed by atoms with van der Waals surface area (Å²) < 4.78 is 0. The maximum atomic E-state index is 9.18. The maximum Gasteiger partial charge on any atom is 0.144 e. The van der Waals surface area contributed by atoms with Crippen molar-refractivity contribution in [2.75, 3.05) is 17.7 Å². The average molecular weight is 220 g/mol. The van der Waals surface area contributed by atoms with Gasteiger partial charge in [0.1, 0.15) is 11.9 Å². The van der Waals surface area contributed by atoms with Crippen molar-refractivity contribution in [1.82, 2.24) is 4.98 Å². The predicted molar refractivity (Wildman–Crippen MR) is 62.7 cm³/mol. The lowest BCUT2D eigenvalue weighted by molar-refractivity contribution is 0.249. The zero-order valence-electron chi connectivity index (χ0n) is 9.44. The van der Waals surface area contributed by atoms with Gasteiger partial charge in [0, 0.05) is 0 Å². The maximum absolute atomic E-state index is 9.18. The molecule has 0 spiro atoms. The molecule has 1 aromatic heterocycles. The van der Waals surface area contributed by atoms with Gasteiger partial charge in [-0.05, 0) is 12.0 Å². The summed E-state index contributed by atoms with van der Waals surface area (Å²) >= 11 is 0. The number of aromatic nitrogens is 1. The van der Waals surface area contributed by atoms with Crippen LogP contribution in [0.25, 0.3) is 0 Å². The fraction of sp³-hybridized carbons (Fsp3) is 0.455. The number of rotatable bonds is 4. The van der Waals surface area contributed by atoms with Crippen LogP contribution in [-0.4, -0.2) is 22.7 Å². The van der Waals surface area contributed by atoms with Crippen LogP contribution in [0.15, 0.2) is 12.3 Å². The monoisotopic (exact) mass is 220 g/mol. The molecule has 1 heterocycles. The Bertz CT molecular complexity index is 397. The van der Waals surface area contributed by atoms with Crippen molar-refractivity contribution in [1.29, 1.82) is 5.26 Å². The number of hydrogen-bond acceptors (Lipinski definition) is 5. The van der Waals surface area contributed by atoms with Gasteiger partial charge in [0.25, 0.3) is 0 Å². The number of pyridine rings is 1. The van der Waals surface area contributed by atoms with E-state index in [2.05, 4.69) is 10.3 Å². The van der Waals surface area contributed by atoms with Gasteiger partial charge in [0.05, 0.1) is 30.1 Å². The van der Waals surface area contributed by atoms with Crippen molar-refractivity contribution in [3.8, 4) is 6.07 Å². The molecule has 16 heavy (non-hydrogen) atoms. The lowest BCUT2D eigenvalue weighted by Gasteiger charge is -2.21. The highest BCUT2D eigenvalue weighted by Crippen LogP contribution is 2.17. The number of anilines is 2. The van der Waals surface area contributed by atoms with Crippen molar-refractivity contribution in [2.24, 2.45) is 5.92 Å². The highest BCUT2D eigenvalue weighted by atomic mass is 16.3. The molecule has 5 nitrogen and oxygen atoms in total. The Kier molecular flexibility index (Phi) is 4.09. The van der Waals surface area contributed by atoms with Gasteiger partial charge in [-0.1, -0.05) is 13.8 Å². The van der Waals surface area contributed by atoms with E-state index in [1.54, 1.807) is 6.07 Å². The number of nitrogens with two attached hydrogens (primary N) is 1. The molecule has 1 atom stereocenters. The van der Waals surface area contributed by atoms with E-state index in [0.717, 1.165) is 0 Å². The third kappa shape index (κ3) is 2.84. The van der Waals surface area contributed by atoms with Gasteiger partial charge in [-0.2, -0.15) is 5.26 Å². The second kappa shape index (κ2) is 5.33. The SMILES string of the molecule is CC(C)C(CO)Nc1ncc(N)cc1C#N. The molecular formula is C11H16N4O. The highest BCUT2D eigenvalue weighted by molar-refractivity contribution is 5.57. The van der Waals surface area contributed by atoms with Crippen LogP contribution in [0, 0.1) is 17.2 Å². The molecule has 0 aromatic carbocycles. The zero-order chi connectivity index (χ0) is 12.1. The Balaban J connectivity index is 2.92. The van der Waals surface area contributed by atoms with Crippen molar-refractivity contribution < 1.29 is 5.11 Å². The number of aliphatic hydroxyl groups excluding tert-OH is 1. The molecule has 0 fully saturated rings. The summed E-state index contributed by atoms with van der Waals surface area (Å²) in [6, 6.07) is 3.46. The van der Waals surface area contributed by atoms with E-state index >= 15 is 0 Å². The van der Waals surface area contributed by atoms with E-state index in [4.69, 9.17) is 11.0 Å². The lowest BCUT2D eigenvalue weighted by atomic mass is 10.1. The fourth-order valence-corrected chi connectivity index (χ4v) is 1.28. The standard InChI is InChI=1S/C11H16N4O/c1-7(2)10(6-16)15-11-8(4-12)3-9(13)5-14-11/h3,5,7,10,16H,6,13H2,1-2H3,(H,14,15). The first-order valence-electron chi connectivity index (χ1n) is 5.11. The number of nitriles is 1. The Labute approximate surface area is 94.9 Å². The topological polar surface area (TPSA) is 95.0 Å². The van der Waals surface area contributed by atoms with Gasteiger partial charge in [0.15, 0.2) is 0 Å². The quantitative estimate of drug-likeness (QED) is 0.702. The van der Waals surface area contributed by atoms with E-state index in [9.17, 15) is 5.11 Å². The van der Waals surface area contributed by atoms with Crippen LogP contribution in [0.1, 0.15) is 19.4 Å². The van der Waals surface area contributed by atoms with Gasteiger partial charge in [-0.15, -0.1) is 0 Å². The summed E-state index contributed by atoms with van der Waals surface area (Å²) in [5, 5.41) is 21.1. The summed E-state index contributed by atoms with van der Waals surface area (Å²) in [4.78, 5) is 4.05. The second-order valence-electron chi connectivity index (χ2n) is 3.95. The van der Waals surface area contributed by atoms with Crippen LogP contribution in [0.4, 0.5) is 11.5 Å². The smallest absolute Gasteiger partial charge is 0.144 e. The van der Waals surface area contributed by atoms with Gasteiger partial charge < -0.3 is 16.2 Å². The molecule has 86 valence electrons. The Morgan fingerprint density at radius 2 is 2.31 bits per heavy atom. The molecule has 0 aliphatic rings. The minimum absolute atomic E-state index is 0.00537. The second-order valence-corrected chi connectivity index (χ2v) is 3.95. The van der Waals surface area contributed by atoms with Crippen molar-refractivity contribution in [2.45, 2.75) is 19.9 Å². The van der Waals surface area contributed by atoms with Crippen molar-refractivity contribution in [3.63, 3.8) is 0 Å². The molecule has 1 aromatic rings. The Morgan fingerprint density at radius 1 is 1.62 bits per heavy atom. The summed E-state index contributed by atoms with van der Waals surface area (Å²) in [7, 11) is 0. The van der Waals surface area contributed by atoms with Crippen LogP contribution in [0.2, 0.25) is 0 Å². The molecule has 1 rings (SSSR count). The first kappa shape index (κ1) is 12.3. The third-order valence-corrected chi connectivity index (χ3v) is 2.35. The predicted octanol–water partition coefficient (Wildman–Crippen LogP) is 0.964. The summed E-state index contributed by atoms with van der Waals surface area (Å²) in [6.07, 6.45) is 1.48. The van der Waals surface area contributed by atoms with Gasteiger partial charge in [0.2, 0.25) is 0 Å². The third-order valence-electron chi connectivity index (χ3n) is 2.35. The number of nitrogen functional groups attached to an aromatic ring is 1. The highest BCUT2D eigenvalue weighted by Gasteiger charge is 2.14. The number of nitrogens with zero attached hydrogens (tertiary/aromatic N) is 2. The Hall–Kier alpha value is -1.80. The van der Waals surface area contributed by atoms with Crippen LogP contribution in [0.3, 0.4) is 0 Å². The van der Waals surface area contributed by atoms with Gasteiger partial charge in [-0.3, -0.25) is 0 Å². The van der Waals surface area contributed by atoms with Gasteiger partial charge in [-0.25, -0.2) is 4.98 Å². The van der Waals surface area contributed by atoms with Crippen LogP contribution >= 0.6 is 0 Å². The zero-order valence-corrected chi connectivity index (χ0v) is 9.44. The molecule has 0 bridgehead atoms. The fourth-order valence-electron chi connectivity index (χ4n) is 1.28. The average Bonchev–Trinajstić information content (AvgIpc) is 2.26. The molecule has 1 unspecified atom stereocenters. The molecule has 0 saturated heterocycles. The van der Waals surface area contributed by atoms with E-state index in [1.165, 1.54) is 6.20 Å². The van der Waals surface area contributed by atoms with E-state index < -0.39 is 0 Å². The number of hydrogen-bond donors (Lipinski definition) is 3. The van der Waals surface area contributed by atoms with E-state index in [0.29, 0.717) is 17.1 Å². The van der Waals surface area contributed by atoms with Crippen LogP contribution < -0.4 is 11.1 Å². The first-order valence-corrected chi connectivity index (χ1v) is 5.11. The van der Waals surface area contributed by atoms with Crippen molar-refractivity contribution >= 4 is 11.5 Å². The molecule has 0 saturated carbocycles. The number of aliphatic hydroxyl groups is 1.